The molecule has 0 saturated carbocycles. The number of hydrogen-bond acceptors (Lipinski definition) is 4. The summed E-state index contributed by atoms with van der Waals surface area (Å²) in [6, 6.07) is 0. The van der Waals surface area contributed by atoms with Crippen molar-refractivity contribution < 1.29 is 19.8 Å². The number of fused-ring (bicyclic) bond motifs is 12. The summed E-state index contributed by atoms with van der Waals surface area (Å²) in [5.74, 6) is -1.75. The molecule has 0 spiro atoms. The van der Waals surface area contributed by atoms with Crippen LogP contribution >= 0.6 is 0 Å². The van der Waals surface area contributed by atoms with Crippen LogP contribution in [0.25, 0.3) is 12.2 Å². The van der Waals surface area contributed by atoms with Crippen LogP contribution in [0.1, 0.15) is 135 Å². The SMILES string of the molecule is CCC1=C(C)C2=NC1=C1N=C(C(C)=C1CC)c1[nH]c(c(CC)c1C)C=c1[nH]c(c(CCC(=O)O)c1C)=c1[nH]c(c(C)c1CCC(=O)O)=Cc1[nH]c2c(C)c1CC. The largest absolute Gasteiger partial charge is 0.481 e. The van der Waals surface area contributed by atoms with Crippen LogP contribution in [0.5, 0.6) is 0 Å². The molecule has 4 aromatic heterocycles. The van der Waals surface area contributed by atoms with E-state index in [1.165, 1.54) is 22.3 Å². The van der Waals surface area contributed by atoms with Crippen molar-refractivity contribution in [2.75, 3.05) is 0 Å². The second kappa shape index (κ2) is 14.8. The number of carboxylic acids is 2. The van der Waals surface area contributed by atoms with Gasteiger partial charge in [-0.1, -0.05) is 27.7 Å². The Kier molecular flexibility index (Phi) is 10.2. The van der Waals surface area contributed by atoms with Crippen LogP contribution in [0, 0.1) is 38.4 Å². The number of nitrogens with zero attached hydrogens (tertiary/aromatic N) is 2. The van der Waals surface area contributed by atoms with Gasteiger partial charge < -0.3 is 30.1 Å². The third-order valence-electron chi connectivity index (χ3n) is 12.4. The molecule has 3 aliphatic rings. The molecule has 7 heterocycles. The Morgan fingerprint density at radius 2 is 0.911 bits per heavy atom. The molecule has 12 bridgehead atoms. The summed E-state index contributed by atoms with van der Waals surface area (Å²) in [6.45, 7) is 21.5. The highest BCUT2D eigenvalue weighted by Crippen LogP contribution is 2.41. The van der Waals surface area contributed by atoms with E-state index in [0.29, 0.717) is 12.8 Å². The average molecular weight is 755 g/mol. The minimum absolute atomic E-state index is 0.0366. The molecule has 7 rings (SSSR count). The number of H-pyrrole nitrogens is 4. The van der Waals surface area contributed by atoms with Gasteiger partial charge in [0.05, 0.1) is 44.9 Å². The zero-order valence-corrected chi connectivity index (χ0v) is 34.4. The summed E-state index contributed by atoms with van der Waals surface area (Å²) < 4.78 is 0. The van der Waals surface area contributed by atoms with Crippen molar-refractivity contribution in [3.8, 4) is 0 Å². The highest BCUT2D eigenvalue weighted by Gasteiger charge is 2.32. The van der Waals surface area contributed by atoms with Gasteiger partial charge in [0.25, 0.3) is 0 Å². The van der Waals surface area contributed by atoms with Crippen molar-refractivity contribution in [3.05, 3.63) is 122 Å². The average Bonchev–Trinajstić information content (AvgIpc) is 3.97. The molecule has 0 saturated heterocycles. The quantitative estimate of drug-likeness (QED) is 0.0983. The maximum absolute atomic E-state index is 12.0. The highest BCUT2D eigenvalue weighted by atomic mass is 16.4. The smallest absolute Gasteiger partial charge is 0.303 e. The first-order chi connectivity index (χ1) is 26.7. The summed E-state index contributed by atoms with van der Waals surface area (Å²) in [5, 5.41) is 22.9. The maximum atomic E-state index is 12.0. The zero-order chi connectivity index (χ0) is 40.3. The van der Waals surface area contributed by atoms with Crippen molar-refractivity contribution in [2.24, 2.45) is 9.98 Å². The third kappa shape index (κ3) is 6.19. The Bertz CT molecular complexity index is 2560. The van der Waals surface area contributed by atoms with Crippen LogP contribution in [0.2, 0.25) is 0 Å². The fourth-order valence-electron chi connectivity index (χ4n) is 9.26. The molecule has 3 aliphatic heterocycles. The minimum Gasteiger partial charge on any atom is -0.481 e. The van der Waals surface area contributed by atoms with Crippen molar-refractivity contribution in [1.29, 1.82) is 0 Å². The molecular formula is C46H54N6O4. The Labute approximate surface area is 327 Å². The Morgan fingerprint density at radius 1 is 0.536 bits per heavy atom. The van der Waals surface area contributed by atoms with Crippen molar-refractivity contribution >= 4 is 35.5 Å². The topological polar surface area (TPSA) is 162 Å². The lowest BCUT2D eigenvalue weighted by atomic mass is 9.96. The van der Waals surface area contributed by atoms with Crippen molar-refractivity contribution in [3.63, 3.8) is 0 Å². The number of carboxylic acid groups (broad SMARTS) is 2. The summed E-state index contributed by atoms with van der Waals surface area (Å²) in [6.07, 6.45) is 8.10. The second-order valence-corrected chi connectivity index (χ2v) is 15.4. The van der Waals surface area contributed by atoms with Gasteiger partial charge in [0, 0.05) is 34.9 Å². The molecule has 0 radical (unpaired) electrons. The Hall–Kier alpha value is -5.64. The number of aliphatic imine (C=N–C) groups is 2. The predicted octanol–water partition coefficient (Wildman–Crippen LogP) is 7.62. The van der Waals surface area contributed by atoms with Crippen LogP contribution in [0.4, 0.5) is 0 Å². The lowest BCUT2D eigenvalue weighted by Gasteiger charge is -2.07. The molecule has 0 aromatic carbocycles. The van der Waals surface area contributed by atoms with Crippen LogP contribution in [0.3, 0.4) is 0 Å². The van der Waals surface area contributed by atoms with Gasteiger partial charge in [0.1, 0.15) is 0 Å². The first-order valence-corrected chi connectivity index (χ1v) is 20.1. The molecule has 0 unspecified atom stereocenters. The van der Waals surface area contributed by atoms with Gasteiger partial charge in [-0.2, -0.15) is 0 Å². The molecule has 292 valence electrons. The van der Waals surface area contributed by atoms with Crippen molar-refractivity contribution in [1.82, 2.24) is 19.9 Å². The Morgan fingerprint density at radius 3 is 1.23 bits per heavy atom. The maximum Gasteiger partial charge on any atom is 0.303 e. The van der Waals surface area contributed by atoms with Gasteiger partial charge >= 0.3 is 11.9 Å². The lowest BCUT2D eigenvalue weighted by Crippen LogP contribution is -2.07. The number of hydrogen-bond donors (Lipinski definition) is 6. The fraction of sp³-hybridized carbons (Fsp3) is 0.391. The van der Waals surface area contributed by atoms with Crippen LogP contribution < -0.4 is 10.7 Å². The van der Waals surface area contributed by atoms with Gasteiger partial charge in [-0.05, 0) is 159 Å². The van der Waals surface area contributed by atoms with E-state index in [1.54, 1.807) is 0 Å². The molecule has 0 aliphatic carbocycles. The highest BCUT2D eigenvalue weighted by molar-refractivity contribution is 6.18. The van der Waals surface area contributed by atoms with Crippen molar-refractivity contribution in [2.45, 2.75) is 121 Å². The molecule has 0 fully saturated rings. The normalized spacial score (nSPS) is 15.0. The molecule has 0 atom stereocenters. The molecule has 0 amide bonds. The predicted molar refractivity (Wildman–Crippen MR) is 223 cm³/mol. The van der Waals surface area contributed by atoms with Crippen LogP contribution in [-0.4, -0.2) is 53.5 Å². The zero-order valence-electron chi connectivity index (χ0n) is 34.4. The third-order valence-corrected chi connectivity index (χ3v) is 12.4. The standard InChI is InChI=1S/C46H54N6O4/c1-11-27-23(7)39-41-25(9)29(13-3)43(51-41)44-30(14-4)26(10)42(52-44)40-24(8)28(12-2)36(50-40)20-34-22(6)32(16-18-38(55)56)46(48-34)45-31(15-17-37(53)54)21(5)33(47-45)19-35(27)49-39/h19-20,47-50H,11-18H2,1-10H3,(H,53,54)(H,55,56). The summed E-state index contributed by atoms with van der Waals surface area (Å²) in [7, 11) is 0. The first-order valence-electron chi connectivity index (χ1n) is 20.1. The molecule has 56 heavy (non-hydrogen) atoms. The van der Waals surface area contributed by atoms with Crippen LogP contribution in [0.15, 0.2) is 43.7 Å². The Balaban J connectivity index is 1.67. The van der Waals surface area contributed by atoms with E-state index in [2.05, 4.69) is 87.5 Å². The molecule has 6 N–H and O–H groups in total. The van der Waals surface area contributed by atoms with E-state index >= 15 is 0 Å². The second-order valence-electron chi connectivity index (χ2n) is 15.4. The summed E-state index contributed by atoms with van der Waals surface area (Å²) >= 11 is 0. The van der Waals surface area contributed by atoms with E-state index in [0.717, 1.165) is 137 Å². The monoisotopic (exact) mass is 754 g/mol. The number of carbonyl (C=O) groups is 2. The van der Waals surface area contributed by atoms with Gasteiger partial charge in [-0.3, -0.25) is 9.59 Å². The number of aromatic amines is 4. The number of aromatic nitrogens is 4. The van der Waals surface area contributed by atoms with Gasteiger partial charge in [-0.15, -0.1) is 0 Å². The fourth-order valence-corrected chi connectivity index (χ4v) is 9.26. The molecular weight excluding hydrogens is 701 g/mol. The molecule has 10 heteroatoms. The molecule has 4 aromatic rings. The minimum atomic E-state index is -0.874. The van der Waals surface area contributed by atoms with E-state index in [9.17, 15) is 19.8 Å². The number of nitrogens with one attached hydrogen (secondary N) is 4. The molecule has 10 nitrogen and oxygen atoms in total. The van der Waals surface area contributed by atoms with Gasteiger partial charge in [0.2, 0.25) is 0 Å². The first kappa shape index (κ1) is 38.6. The lowest BCUT2D eigenvalue weighted by molar-refractivity contribution is -0.138. The summed E-state index contributed by atoms with van der Waals surface area (Å²) in [5.41, 5.74) is 20.8. The summed E-state index contributed by atoms with van der Waals surface area (Å²) in [4.78, 5) is 49.8. The van der Waals surface area contributed by atoms with E-state index in [4.69, 9.17) is 9.98 Å². The number of allylic oxidation sites excluding steroid dienone is 4. The van der Waals surface area contributed by atoms with E-state index < -0.39 is 11.9 Å². The van der Waals surface area contributed by atoms with Gasteiger partial charge in [-0.25, -0.2) is 9.98 Å². The number of rotatable bonds is 10. The number of aliphatic carboxylic acids is 2. The van der Waals surface area contributed by atoms with Gasteiger partial charge in [0.15, 0.2) is 0 Å². The van der Waals surface area contributed by atoms with Crippen LogP contribution in [-0.2, 0) is 35.3 Å². The van der Waals surface area contributed by atoms with E-state index in [-0.39, 0.29) is 12.8 Å². The van der Waals surface area contributed by atoms with E-state index in [1.807, 2.05) is 13.8 Å².